The lowest BCUT2D eigenvalue weighted by atomic mass is 10.0. The number of amides is 1. The van der Waals surface area contributed by atoms with Gasteiger partial charge in [0.1, 0.15) is 6.04 Å². The molecule has 6 heteroatoms. The van der Waals surface area contributed by atoms with Crippen LogP contribution in [-0.2, 0) is 9.53 Å². The molecule has 110 valence electrons. The zero-order valence-electron chi connectivity index (χ0n) is 12.2. The molecule has 0 radical (unpaired) electrons. The number of nitrogens with two attached hydrogens (primary N) is 1. The molecule has 1 amide bonds. The molecule has 0 aliphatic heterocycles. The minimum Gasteiger partial charge on any atom is -0.467 e. The molecule has 0 heterocycles. The molecule has 1 unspecified atom stereocenters. The minimum absolute atomic E-state index is 0.0421. The SMILES string of the molecule is CNC(=O)c1ccc(NC(C(=O)OC)C(C)C)c(N)c1. The Morgan fingerprint density at radius 2 is 1.95 bits per heavy atom. The Balaban J connectivity index is 2.97. The molecule has 1 aromatic rings. The summed E-state index contributed by atoms with van der Waals surface area (Å²) in [4.78, 5) is 23.2. The van der Waals surface area contributed by atoms with Crippen LogP contribution in [0.4, 0.5) is 11.4 Å². The fourth-order valence-electron chi connectivity index (χ4n) is 1.77. The zero-order chi connectivity index (χ0) is 15.3. The highest BCUT2D eigenvalue weighted by atomic mass is 16.5. The highest BCUT2D eigenvalue weighted by molar-refractivity contribution is 5.96. The van der Waals surface area contributed by atoms with Crippen LogP contribution in [0, 0.1) is 5.92 Å². The molecule has 6 nitrogen and oxygen atoms in total. The van der Waals surface area contributed by atoms with Crippen molar-refractivity contribution in [3.05, 3.63) is 23.8 Å². The Labute approximate surface area is 118 Å². The predicted octanol–water partition coefficient (Wildman–Crippen LogP) is 1.24. The van der Waals surface area contributed by atoms with Gasteiger partial charge in [-0.2, -0.15) is 0 Å². The van der Waals surface area contributed by atoms with E-state index < -0.39 is 6.04 Å². The fraction of sp³-hybridized carbons (Fsp3) is 0.429. The number of carbonyl (C=O) groups is 2. The minimum atomic E-state index is -0.492. The van der Waals surface area contributed by atoms with Crippen molar-refractivity contribution in [3.8, 4) is 0 Å². The number of nitrogens with one attached hydrogen (secondary N) is 2. The molecule has 0 saturated heterocycles. The molecule has 0 saturated carbocycles. The molecule has 0 bridgehead atoms. The van der Waals surface area contributed by atoms with Gasteiger partial charge in [0.05, 0.1) is 18.5 Å². The summed E-state index contributed by atoms with van der Waals surface area (Å²) in [5, 5.41) is 5.58. The van der Waals surface area contributed by atoms with Crippen molar-refractivity contribution in [2.24, 2.45) is 5.92 Å². The fourth-order valence-corrected chi connectivity index (χ4v) is 1.77. The molecule has 1 rings (SSSR count). The van der Waals surface area contributed by atoms with Gasteiger partial charge >= 0.3 is 5.97 Å². The van der Waals surface area contributed by atoms with Gasteiger partial charge in [0, 0.05) is 12.6 Å². The third-order valence-corrected chi connectivity index (χ3v) is 2.97. The molecule has 20 heavy (non-hydrogen) atoms. The van der Waals surface area contributed by atoms with Crippen LogP contribution in [0.1, 0.15) is 24.2 Å². The molecule has 0 aliphatic carbocycles. The van der Waals surface area contributed by atoms with Crippen molar-refractivity contribution < 1.29 is 14.3 Å². The van der Waals surface area contributed by atoms with Crippen LogP contribution in [0.5, 0.6) is 0 Å². The van der Waals surface area contributed by atoms with Crippen LogP contribution < -0.4 is 16.4 Å². The van der Waals surface area contributed by atoms with Gasteiger partial charge in [-0.15, -0.1) is 0 Å². The van der Waals surface area contributed by atoms with Crippen LogP contribution in [-0.4, -0.2) is 32.1 Å². The van der Waals surface area contributed by atoms with Gasteiger partial charge in [-0.3, -0.25) is 4.79 Å². The van der Waals surface area contributed by atoms with Gasteiger partial charge in [0.25, 0.3) is 5.91 Å². The van der Waals surface area contributed by atoms with Crippen molar-refractivity contribution in [2.45, 2.75) is 19.9 Å². The average molecular weight is 279 g/mol. The summed E-state index contributed by atoms with van der Waals surface area (Å²) in [5.74, 6) is -0.521. The number of hydrogen-bond acceptors (Lipinski definition) is 5. The van der Waals surface area contributed by atoms with E-state index in [2.05, 4.69) is 10.6 Å². The van der Waals surface area contributed by atoms with Crippen LogP contribution in [0.3, 0.4) is 0 Å². The Morgan fingerprint density at radius 1 is 1.30 bits per heavy atom. The number of esters is 1. The van der Waals surface area contributed by atoms with Crippen molar-refractivity contribution in [1.29, 1.82) is 0 Å². The van der Waals surface area contributed by atoms with Crippen molar-refractivity contribution in [3.63, 3.8) is 0 Å². The first kappa shape index (κ1) is 15.8. The smallest absolute Gasteiger partial charge is 0.328 e. The lowest BCUT2D eigenvalue weighted by Gasteiger charge is -2.22. The summed E-state index contributed by atoms with van der Waals surface area (Å²) in [6.45, 7) is 3.81. The van der Waals surface area contributed by atoms with Gasteiger partial charge in [-0.05, 0) is 24.1 Å². The van der Waals surface area contributed by atoms with E-state index in [1.54, 1.807) is 25.2 Å². The first-order valence-electron chi connectivity index (χ1n) is 6.36. The van der Waals surface area contributed by atoms with E-state index in [1.807, 2.05) is 13.8 Å². The Kier molecular flexibility index (Phi) is 5.37. The molecular weight excluding hydrogens is 258 g/mol. The van der Waals surface area contributed by atoms with E-state index in [0.29, 0.717) is 16.9 Å². The average Bonchev–Trinajstić information content (AvgIpc) is 2.43. The van der Waals surface area contributed by atoms with E-state index in [0.717, 1.165) is 0 Å². The standard InChI is InChI=1S/C14H21N3O3/c1-8(2)12(14(19)20-4)17-11-6-5-9(7-10(11)15)13(18)16-3/h5-8,12,17H,15H2,1-4H3,(H,16,18). The van der Waals surface area contributed by atoms with E-state index in [4.69, 9.17) is 10.5 Å². The highest BCUT2D eigenvalue weighted by Crippen LogP contribution is 2.22. The van der Waals surface area contributed by atoms with E-state index >= 15 is 0 Å². The number of nitrogen functional groups attached to an aromatic ring is 1. The zero-order valence-corrected chi connectivity index (χ0v) is 12.2. The van der Waals surface area contributed by atoms with Gasteiger partial charge in [-0.1, -0.05) is 13.8 Å². The third kappa shape index (κ3) is 3.63. The monoisotopic (exact) mass is 279 g/mol. The maximum atomic E-state index is 11.7. The maximum absolute atomic E-state index is 11.7. The van der Waals surface area contributed by atoms with Gasteiger partial charge < -0.3 is 21.1 Å². The lowest BCUT2D eigenvalue weighted by molar-refractivity contribution is -0.142. The molecule has 1 aromatic carbocycles. The summed E-state index contributed by atoms with van der Waals surface area (Å²) in [5.41, 5.74) is 7.38. The maximum Gasteiger partial charge on any atom is 0.328 e. The van der Waals surface area contributed by atoms with Gasteiger partial charge in [-0.25, -0.2) is 4.79 Å². The van der Waals surface area contributed by atoms with Crippen LogP contribution in [0.15, 0.2) is 18.2 Å². The third-order valence-electron chi connectivity index (χ3n) is 2.97. The van der Waals surface area contributed by atoms with Crippen LogP contribution in [0.2, 0.25) is 0 Å². The van der Waals surface area contributed by atoms with Crippen molar-refractivity contribution in [2.75, 3.05) is 25.2 Å². The number of carbonyl (C=O) groups excluding carboxylic acids is 2. The first-order valence-corrected chi connectivity index (χ1v) is 6.36. The van der Waals surface area contributed by atoms with Crippen molar-refractivity contribution in [1.82, 2.24) is 5.32 Å². The summed E-state index contributed by atoms with van der Waals surface area (Å²) < 4.78 is 4.76. The second kappa shape index (κ2) is 6.79. The molecule has 0 spiro atoms. The number of hydrogen-bond donors (Lipinski definition) is 3. The Morgan fingerprint density at radius 3 is 2.40 bits per heavy atom. The highest BCUT2D eigenvalue weighted by Gasteiger charge is 2.23. The molecule has 0 fully saturated rings. The predicted molar refractivity (Wildman–Crippen MR) is 78.5 cm³/mol. The molecule has 4 N–H and O–H groups in total. The Bertz CT molecular complexity index is 500. The van der Waals surface area contributed by atoms with E-state index in [9.17, 15) is 9.59 Å². The normalized spacial score (nSPS) is 11.8. The number of methoxy groups -OCH3 is 1. The lowest BCUT2D eigenvalue weighted by Crippen LogP contribution is -2.35. The van der Waals surface area contributed by atoms with E-state index in [-0.39, 0.29) is 17.8 Å². The van der Waals surface area contributed by atoms with Gasteiger partial charge in [0.15, 0.2) is 0 Å². The summed E-state index contributed by atoms with van der Waals surface area (Å²) in [7, 11) is 2.90. The molecular formula is C14H21N3O3. The molecule has 0 aromatic heterocycles. The van der Waals surface area contributed by atoms with Crippen LogP contribution in [0.25, 0.3) is 0 Å². The quantitative estimate of drug-likeness (QED) is 0.557. The first-order chi connectivity index (χ1) is 9.40. The number of ether oxygens (including phenoxy) is 1. The molecule has 0 aliphatic rings. The summed E-state index contributed by atoms with van der Waals surface area (Å²) in [6.07, 6.45) is 0. The van der Waals surface area contributed by atoms with Gasteiger partial charge in [0.2, 0.25) is 0 Å². The Hall–Kier alpha value is -2.24. The second-order valence-corrected chi connectivity index (χ2v) is 4.77. The largest absolute Gasteiger partial charge is 0.467 e. The number of benzene rings is 1. The summed E-state index contributed by atoms with van der Waals surface area (Å²) >= 11 is 0. The number of rotatable bonds is 5. The number of anilines is 2. The second-order valence-electron chi connectivity index (χ2n) is 4.77. The van der Waals surface area contributed by atoms with E-state index in [1.165, 1.54) is 7.11 Å². The van der Waals surface area contributed by atoms with Crippen LogP contribution >= 0.6 is 0 Å². The summed E-state index contributed by atoms with van der Waals surface area (Å²) in [6, 6.07) is 4.40. The topological polar surface area (TPSA) is 93.5 Å². The van der Waals surface area contributed by atoms with Crippen molar-refractivity contribution >= 4 is 23.3 Å². The molecule has 1 atom stereocenters.